The molecule has 0 aliphatic heterocycles. The minimum Gasteiger partial charge on any atom is -0.256 e. The molecular weight excluding hydrogens is 261 g/mol. The van der Waals surface area contributed by atoms with Crippen molar-refractivity contribution in [2.24, 2.45) is 0 Å². The number of thioether (sulfide) groups is 1. The van der Waals surface area contributed by atoms with Gasteiger partial charge in [0.2, 0.25) is 0 Å². The van der Waals surface area contributed by atoms with Crippen molar-refractivity contribution in [3.8, 4) is 0 Å². The van der Waals surface area contributed by atoms with Crippen LogP contribution in [0.5, 0.6) is 0 Å². The van der Waals surface area contributed by atoms with Crippen LogP contribution >= 0.6 is 35.0 Å². The van der Waals surface area contributed by atoms with Crippen molar-refractivity contribution in [2.75, 3.05) is 5.88 Å². The summed E-state index contributed by atoms with van der Waals surface area (Å²) in [5, 5.41) is 2.24. The standard InChI is InChI=1S/C12H11Cl2NS/c1-8(7-13)16-12-4-5-15-11-6-9(14)2-3-10(11)12/h2-6,8H,7H2,1H3. The third kappa shape index (κ3) is 2.62. The first kappa shape index (κ1) is 12.0. The van der Waals surface area contributed by atoms with Gasteiger partial charge in [0.15, 0.2) is 0 Å². The molecule has 1 unspecified atom stereocenters. The lowest BCUT2D eigenvalue weighted by molar-refractivity contribution is 1.12. The van der Waals surface area contributed by atoms with E-state index in [1.165, 1.54) is 4.90 Å². The van der Waals surface area contributed by atoms with Crippen molar-refractivity contribution in [3.05, 3.63) is 35.5 Å². The minimum atomic E-state index is 0.392. The summed E-state index contributed by atoms with van der Waals surface area (Å²) in [4.78, 5) is 5.51. The van der Waals surface area contributed by atoms with Crippen molar-refractivity contribution >= 4 is 45.9 Å². The van der Waals surface area contributed by atoms with Gasteiger partial charge in [0.05, 0.1) is 5.52 Å². The molecule has 0 aliphatic carbocycles. The normalized spacial score (nSPS) is 12.9. The van der Waals surface area contributed by atoms with Crippen LogP contribution in [0.2, 0.25) is 5.02 Å². The Morgan fingerprint density at radius 3 is 2.94 bits per heavy atom. The maximum atomic E-state index is 5.94. The Balaban J connectivity index is 2.45. The summed E-state index contributed by atoms with van der Waals surface area (Å²) in [5.41, 5.74) is 0.930. The van der Waals surface area contributed by atoms with Gasteiger partial charge < -0.3 is 0 Å². The van der Waals surface area contributed by atoms with Crippen molar-refractivity contribution in [1.82, 2.24) is 4.98 Å². The van der Waals surface area contributed by atoms with Crippen LogP contribution < -0.4 is 0 Å². The van der Waals surface area contributed by atoms with Crippen molar-refractivity contribution in [1.29, 1.82) is 0 Å². The molecule has 0 amide bonds. The molecule has 84 valence electrons. The Labute approximate surface area is 109 Å². The average molecular weight is 272 g/mol. The first-order valence-corrected chi connectivity index (χ1v) is 6.77. The summed E-state index contributed by atoms with van der Waals surface area (Å²) < 4.78 is 0. The van der Waals surface area contributed by atoms with Gasteiger partial charge in [-0.1, -0.05) is 24.6 Å². The Morgan fingerprint density at radius 2 is 2.19 bits per heavy atom. The zero-order chi connectivity index (χ0) is 11.5. The number of benzene rings is 1. The number of nitrogens with zero attached hydrogens (tertiary/aromatic N) is 1. The first-order valence-electron chi connectivity index (χ1n) is 4.97. The van der Waals surface area contributed by atoms with E-state index in [-0.39, 0.29) is 0 Å². The van der Waals surface area contributed by atoms with Gasteiger partial charge in [-0.3, -0.25) is 4.98 Å². The highest BCUT2D eigenvalue weighted by atomic mass is 35.5. The highest BCUT2D eigenvalue weighted by Crippen LogP contribution is 2.31. The molecule has 2 rings (SSSR count). The third-order valence-corrected chi connectivity index (χ3v) is 4.27. The number of fused-ring (bicyclic) bond motifs is 1. The third-order valence-electron chi connectivity index (χ3n) is 2.21. The Kier molecular flexibility index (Phi) is 3.95. The van der Waals surface area contributed by atoms with E-state index in [9.17, 15) is 0 Å². The second kappa shape index (κ2) is 5.26. The fraction of sp³-hybridized carbons (Fsp3) is 0.250. The van der Waals surface area contributed by atoms with Crippen LogP contribution in [-0.2, 0) is 0 Å². The maximum absolute atomic E-state index is 5.94. The number of halogens is 2. The van der Waals surface area contributed by atoms with E-state index in [2.05, 4.69) is 11.9 Å². The van der Waals surface area contributed by atoms with Gasteiger partial charge in [-0.05, 0) is 18.2 Å². The van der Waals surface area contributed by atoms with Crippen LogP contribution in [0.3, 0.4) is 0 Å². The van der Waals surface area contributed by atoms with Gasteiger partial charge in [-0.2, -0.15) is 0 Å². The molecule has 0 radical (unpaired) electrons. The van der Waals surface area contributed by atoms with E-state index in [0.717, 1.165) is 10.9 Å². The Morgan fingerprint density at radius 1 is 1.38 bits per heavy atom. The molecular formula is C12H11Cl2NS. The van der Waals surface area contributed by atoms with Crippen LogP contribution in [0.1, 0.15) is 6.92 Å². The largest absolute Gasteiger partial charge is 0.256 e. The van der Waals surface area contributed by atoms with Gasteiger partial charge in [0.25, 0.3) is 0 Å². The van der Waals surface area contributed by atoms with Crippen LogP contribution in [0.15, 0.2) is 35.4 Å². The molecule has 4 heteroatoms. The van der Waals surface area contributed by atoms with E-state index >= 15 is 0 Å². The molecule has 1 heterocycles. The highest BCUT2D eigenvalue weighted by Gasteiger charge is 2.07. The van der Waals surface area contributed by atoms with Crippen molar-refractivity contribution in [2.45, 2.75) is 17.1 Å². The zero-order valence-corrected chi connectivity index (χ0v) is 11.1. The van der Waals surface area contributed by atoms with Gasteiger partial charge >= 0.3 is 0 Å². The topological polar surface area (TPSA) is 12.9 Å². The Bertz CT molecular complexity index is 501. The first-order chi connectivity index (χ1) is 7.70. The van der Waals surface area contributed by atoms with Crippen molar-refractivity contribution in [3.63, 3.8) is 0 Å². The molecule has 0 aliphatic rings. The number of hydrogen-bond acceptors (Lipinski definition) is 2. The molecule has 1 aromatic carbocycles. The molecule has 0 fully saturated rings. The molecule has 2 aromatic rings. The molecule has 0 bridgehead atoms. The van der Waals surface area contributed by atoms with E-state index in [1.54, 1.807) is 11.8 Å². The monoisotopic (exact) mass is 271 g/mol. The van der Waals surface area contributed by atoms with E-state index in [0.29, 0.717) is 16.2 Å². The second-order valence-electron chi connectivity index (χ2n) is 3.55. The van der Waals surface area contributed by atoms with Crippen LogP contribution in [-0.4, -0.2) is 16.1 Å². The van der Waals surface area contributed by atoms with Crippen LogP contribution in [0, 0.1) is 0 Å². The molecule has 1 atom stereocenters. The lowest BCUT2D eigenvalue weighted by Gasteiger charge is -2.09. The quantitative estimate of drug-likeness (QED) is 0.598. The molecule has 0 spiro atoms. The molecule has 0 saturated carbocycles. The maximum Gasteiger partial charge on any atom is 0.0728 e. The summed E-state index contributed by atoms with van der Waals surface area (Å²) in [6.07, 6.45) is 1.81. The van der Waals surface area contributed by atoms with Crippen LogP contribution in [0.4, 0.5) is 0 Å². The number of pyridine rings is 1. The SMILES string of the molecule is CC(CCl)Sc1ccnc2cc(Cl)ccc12. The summed E-state index contributed by atoms with van der Waals surface area (Å²) in [7, 11) is 0. The number of rotatable bonds is 3. The molecule has 1 aromatic heterocycles. The van der Waals surface area contributed by atoms with E-state index in [4.69, 9.17) is 23.2 Å². The number of aromatic nitrogens is 1. The van der Waals surface area contributed by atoms with Gasteiger partial charge in [-0.15, -0.1) is 23.4 Å². The number of alkyl halides is 1. The zero-order valence-electron chi connectivity index (χ0n) is 8.78. The van der Waals surface area contributed by atoms with Crippen LogP contribution in [0.25, 0.3) is 10.9 Å². The van der Waals surface area contributed by atoms with E-state index in [1.807, 2.05) is 30.5 Å². The molecule has 0 N–H and O–H groups in total. The smallest absolute Gasteiger partial charge is 0.0728 e. The average Bonchev–Trinajstić information content (AvgIpc) is 2.28. The predicted octanol–water partition coefficient (Wildman–Crippen LogP) is 4.61. The van der Waals surface area contributed by atoms with Gasteiger partial charge in [-0.25, -0.2) is 0 Å². The van der Waals surface area contributed by atoms with Gasteiger partial charge in [0.1, 0.15) is 0 Å². The van der Waals surface area contributed by atoms with Gasteiger partial charge in [0, 0.05) is 32.6 Å². The summed E-state index contributed by atoms with van der Waals surface area (Å²) in [5.74, 6) is 0.641. The summed E-state index contributed by atoms with van der Waals surface area (Å²) in [6, 6.07) is 7.80. The molecule has 0 saturated heterocycles. The minimum absolute atomic E-state index is 0.392. The summed E-state index contributed by atoms with van der Waals surface area (Å²) >= 11 is 13.5. The fourth-order valence-electron chi connectivity index (χ4n) is 1.45. The van der Waals surface area contributed by atoms with E-state index < -0.39 is 0 Å². The lowest BCUT2D eigenvalue weighted by atomic mass is 10.2. The lowest BCUT2D eigenvalue weighted by Crippen LogP contribution is -1.96. The molecule has 16 heavy (non-hydrogen) atoms. The highest BCUT2D eigenvalue weighted by molar-refractivity contribution is 8.00. The Hall–Kier alpha value is -0.440. The second-order valence-corrected chi connectivity index (χ2v) is 5.78. The van der Waals surface area contributed by atoms with Crippen molar-refractivity contribution < 1.29 is 0 Å². The fourth-order valence-corrected chi connectivity index (χ4v) is 2.74. The number of hydrogen-bond donors (Lipinski definition) is 0. The molecule has 1 nitrogen and oxygen atoms in total. The summed E-state index contributed by atoms with van der Waals surface area (Å²) in [6.45, 7) is 2.11. The predicted molar refractivity (Wildman–Crippen MR) is 72.8 cm³/mol.